The van der Waals surface area contributed by atoms with Gasteiger partial charge in [0.25, 0.3) is 0 Å². The van der Waals surface area contributed by atoms with Crippen molar-refractivity contribution in [1.29, 1.82) is 0 Å². The van der Waals surface area contributed by atoms with E-state index in [1.54, 1.807) is 48.7 Å². The Morgan fingerprint density at radius 2 is 1.87 bits per heavy atom. The summed E-state index contributed by atoms with van der Waals surface area (Å²) in [6.07, 6.45) is 3.96. The van der Waals surface area contributed by atoms with E-state index in [0.717, 1.165) is 16.3 Å². The minimum absolute atomic E-state index is 0.0785. The number of carbonyl (C=O) groups excluding carboxylic acids is 1. The van der Waals surface area contributed by atoms with Gasteiger partial charge in [0.2, 0.25) is 5.91 Å². The molecule has 1 atom stereocenters. The average molecular weight is 426 g/mol. The molecule has 1 amide bonds. The van der Waals surface area contributed by atoms with Crippen LogP contribution in [-0.4, -0.2) is 49.8 Å². The number of rotatable bonds is 7. The van der Waals surface area contributed by atoms with Crippen molar-refractivity contribution < 1.29 is 17.9 Å². The highest BCUT2D eigenvalue weighted by Crippen LogP contribution is 2.24. The summed E-state index contributed by atoms with van der Waals surface area (Å²) in [7, 11) is -2.02. The number of likely N-dealkylation sites (tertiary alicyclic amines) is 1. The number of ether oxygens (including phenoxy) is 1. The molecule has 8 heteroatoms. The first-order valence-electron chi connectivity index (χ1n) is 9.68. The van der Waals surface area contributed by atoms with Gasteiger partial charge in [-0.3, -0.25) is 15.1 Å². The number of fused-ring (bicyclic) bond motifs is 1. The fourth-order valence-electron chi connectivity index (χ4n) is 3.61. The SMILES string of the molecule is COc1ccc2ccc(S(=O)(=O)CN[C@H]3CCN(Cc4ccncc4)C3=O)cc2c1. The van der Waals surface area contributed by atoms with Crippen LogP contribution in [0.15, 0.2) is 65.8 Å². The minimum Gasteiger partial charge on any atom is -0.497 e. The molecule has 156 valence electrons. The van der Waals surface area contributed by atoms with Gasteiger partial charge < -0.3 is 9.64 Å². The highest BCUT2D eigenvalue weighted by molar-refractivity contribution is 7.91. The maximum atomic E-state index is 12.8. The second kappa shape index (κ2) is 8.41. The Morgan fingerprint density at radius 3 is 2.63 bits per heavy atom. The van der Waals surface area contributed by atoms with Gasteiger partial charge in [0.15, 0.2) is 9.84 Å². The number of amides is 1. The number of nitrogens with one attached hydrogen (secondary N) is 1. The minimum atomic E-state index is -3.59. The zero-order valence-corrected chi connectivity index (χ0v) is 17.4. The van der Waals surface area contributed by atoms with Gasteiger partial charge in [-0.1, -0.05) is 12.1 Å². The van der Waals surface area contributed by atoms with E-state index in [1.165, 1.54) is 0 Å². The quantitative estimate of drug-likeness (QED) is 0.625. The summed E-state index contributed by atoms with van der Waals surface area (Å²) in [5, 5.41) is 4.66. The van der Waals surface area contributed by atoms with Crippen LogP contribution < -0.4 is 10.1 Å². The Morgan fingerprint density at radius 1 is 1.10 bits per heavy atom. The van der Waals surface area contributed by atoms with Gasteiger partial charge in [-0.25, -0.2) is 8.42 Å². The number of hydrogen-bond donors (Lipinski definition) is 1. The molecular formula is C22H23N3O4S. The van der Waals surface area contributed by atoms with Crippen molar-refractivity contribution in [3.05, 3.63) is 66.5 Å². The largest absolute Gasteiger partial charge is 0.497 e. The van der Waals surface area contributed by atoms with Crippen LogP contribution in [0.25, 0.3) is 10.8 Å². The standard InChI is InChI=1S/C22H23N3O4S/c1-29-19-4-2-17-3-5-20(13-18(17)12-19)30(27,28)15-24-21-8-11-25(22(21)26)14-16-6-9-23-10-7-16/h2-7,9-10,12-13,21,24H,8,11,14-15H2,1H3/t21-/m0/s1. The molecule has 0 spiro atoms. The molecule has 1 N–H and O–H groups in total. The maximum absolute atomic E-state index is 12.8. The van der Waals surface area contributed by atoms with Crippen molar-refractivity contribution in [1.82, 2.24) is 15.2 Å². The maximum Gasteiger partial charge on any atom is 0.240 e. The van der Waals surface area contributed by atoms with E-state index in [2.05, 4.69) is 10.3 Å². The fraction of sp³-hybridized carbons (Fsp3) is 0.273. The molecular weight excluding hydrogens is 402 g/mol. The molecule has 0 bridgehead atoms. The molecule has 1 fully saturated rings. The van der Waals surface area contributed by atoms with Gasteiger partial charge in [-0.2, -0.15) is 0 Å². The van der Waals surface area contributed by atoms with E-state index < -0.39 is 15.9 Å². The van der Waals surface area contributed by atoms with Crippen LogP contribution in [0.4, 0.5) is 0 Å². The topological polar surface area (TPSA) is 88.6 Å². The van der Waals surface area contributed by atoms with E-state index in [1.807, 2.05) is 24.3 Å². The van der Waals surface area contributed by atoms with Gasteiger partial charge in [-0.05, 0) is 59.2 Å². The van der Waals surface area contributed by atoms with Crippen LogP contribution in [0.1, 0.15) is 12.0 Å². The van der Waals surface area contributed by atoms with Crippen molar-refractivity contribution >= 4 is 26.5 Å². The number of carbonyl (C=O) groups is 1. The molecule has 4 rings (SSSR count). The van der Waals surface area contributed by atoms with Crippen LogP contribution in [0.2, 0.25) is 0 Å². The molecule has 0 aliphatic carbocycles. The monoisotopic (exact) mass is 425 g/mol. The lowest BCUT2D eigenvalue weighted by atomic mass is 10.1. The van der Waals surface area contributed by atoms with Crippen molar-refractivity contribution in [3.63, 3.8) is 0 Å². The molecule has 1 saturated heterocycles. The number of nitrogens with zero attached hydrogens (tertiary/aromatic N) is 2. The normalized spacial score (nSPS) is 16.9. The lowest BCUT2D eigenvalue weighted by Crippen LogP contribution is -2.40. The van der Waals surface area contributed by atoms with Gasteiger partial charge in [0.1, 0.15) is 11.6 Å². The van der Waals surface area contributed by atoms with Crippen LogP contribution >= 0.6 is 0 Å². The highest BCUT2D eigenvalue weighted by atomic mass is 32.2. The average Bonchev–Trinajstić information content (AvgIpc) is 3.11. The fourth-order valence-corrected chi connectivity index (χ4v) is 4.78. The molecule has 7 nitrogen and oxygen atoms in total. The van der Waals surface area contributed by atoms with E-state index >= 15 is 0 Å². The van der Waals surface area contributed by atoms with Crippen LogP contribution in [0.3, 0.4) is 0 Å². The Kier molecular flexibility index (Phi) is 5.69. The van der Waals surface area contributed by atoms with Crippen molar-refractivity contribution in [3.8, 4) is 5.75 Å². The number of hydrogen-bond acceptors (Lipinski definition) is 6. The first-order chi connectivity index (χ1) is 14.5. The smallest absolute Gasteiger partial charge is 0.240 e. The van der Waals surface area contributed by atoms with Gasteiger partial charge in [-0.15, -0.1) is 0 Å². The van der Waals surface area contributed by atoms with E-state index in [9.17, 15) is 13.2 Å². The molecule has 30 heavy (non-hydrogen) atoms. The Labute approximate surface area is 175 Å². The molecule has 3 aromatic rings. The lowest BCUT2D eigenvalue weighted by molar-refractivity contribution is -0.129. The molecule has 1 aliphatic rings. The third kappa shape index (κ3) is 4.29. The summed E-state index contributed by atoms with van der Waals surface area (Å²) < 4.78 is 30.9. The van der Waals surface area contributed by atoms with Crippen molar-refractivity contribution in [2.75, 3.05) is 19.5 Å². The molecule has 1 aromatic heterocycles. The molecule has 2 heterocycles. The number of sulfone groups is 1. The predicted molar refractivity (Wildman–Crippen MR) is 114 cm³/mol. The first kappa shape index (κ1) is 20.3. The van der Waals surface area contributed by atoms with Crippen LogP contribution in [-0.2, 0) is 21.2 Å². The summed E-state index contributed by atoms with van der Waals surface area (Å²) >= 11 is 0. The Bertz CT molecular complexity index is 1170. The van der Waals surface area contributed by atoms with Crippen LogP contribution in [0.5, 0.6) is 5.75 Å². The summed E-state index contributed by atoms with van der Waals surface area (Å²) in [4.78, 5) is 18.6. The van der Waals surface area contributed by atoms with Gasteiger partial charge >= 0.3 is 0 Å². The first-order valence-corrected chi connectivity index (χ1v) is 11.3. The molecule has 0 radical (unpaired) electrons. The van der Waals surface area contributed by atoms with Gasteiger partial charge in [0.05, 0.1) is 18.0 Å². The van der Waals surface area contributed by atoms with E-state index in [4.69, 9.17) is 4.74 Å². The Hall–Kier alpha value is -2.97. The number of pyridine rings is 1. The second-order valence-electron chi connectivity index (χ2n) is 7.29. The summed E-state index contributed by atoms with van der Waals surface area (Å²) in [6.45, 7) is 1.09. The third-order valence-electron chi connectivity index (χ3n) is 5.32. The molecule has 2 aromatic carbocycles. The van der Waals surface area contributed by atoms with E-state index in [0.29, 0.717) is 25.3 Å². The summed E-state index contributed by atoms with van der Waals surface area (Å²) in [5.41, 5.74) is 0.998. The lowest BCUT2D eigenvalue weighted by Gasteiger charge is -2.17. The number of methoxy groups -OCH3 is 1. The number of benzene rings is 2. The number of aromatic nitrogens is 1. The third-order valence-corrected chi connectivity index (χ3v) is 6.84. The Balaban J connectivity index is 1.43. The molecule has 0 saturated carbocycles. The molecule has 0 unspecified atom stereocenters. The van der Waals surface area contributed by atoms with Gasteiger partial charge in [0, 0.05) is 25.5 Å². The highest BCUT2D eigenvalue weighted by Gasteiger charge is 2.32. The zero-order chi connectivity index (χ0) is 21.1. The van der Waals surface area contributed by atoms with Crippen LogP contribution in [0, 0.1) is 0 Å². The zero-order valence-electron chi connectivity index (χ0n) is 16.6. The second-order valence-corrected chi connectivity index (χ2v) is 9.28. The van der Waals surface area contributed by atoms with Crippen molar-refractivity contribution in [2.45, 2.75) is 23.9 Å². The molecule has 1 aliphatic heterocycles. The predicted octanol–water partition coefficient (Wildman–Crippen LogP) is 2.37. The summed E-state index contributed by atoms with van der Waals surface area (Å²) in [6, 6.07) is 13.8. The van der Waals surface area contributed by atoms with Crippen molar-refractivity contribution in [2.24, 2.45) is 0 Å². The van der Waals surface area contributed by atoms with E-state index in [-0.39, 0.29) is 16.7 Å². The summed E-state index contributed by atoms with van der Waals surface area (Å²) in [5.74, 6) is 0.299.